The number of hydrogen-bond acceptors (Lipinski definition) is 5. The minimum atomic E-state index is -0.0205. The topological polar surface area (TPSA) is 120 Å². The summed E-state index contributed by atoms with van der Waals surface area (Å²) in [6.07, 6.45) is 5.62. The summed E-state index contributed by atoms with van der Waals surface area (Å²) < 4.78 is 0. The van der Waals surface area contributed by atoms with Crippen molar-refractivity contribution in [3.05, 3.63) is 35.7 Å². The highest BCUT2D eigenvalue weighted by atomic mass is 16.3. The van der Waals surface area contributed by atoms with E-state index in [1.807, 2.05) is 17.0 Å². The molecule has 140 valence electrons. The number of benzene rings is 1. The average Bonchev–Trinajstić information content (AvgIpc) is 3.06. The number of aryl methyl sites for hydroxylation is 1. The van der Waals surface area contributed by atoms with Crippen molar-refractivity contribution < 1.29 is 9.90 Å². The number of nitrogens with zero attached hydrogens (tertiary/aromatic N) is 3. The van der Waals surface area contributed by atoms with Gasteiger partial charge in [0.1, 0.15) is 11.6 Å². The van der Waals surface area contributed by atoms with Crippen LogP contribution in [0.1, 0.15) is 37.1 Å². The maximum atomic E-state index is 12.6. The summed E-state index contributed by atoms with van der Waals surface area (Å²) in [6.45, 7) is 1.29. The van der Waals surface area contributed by atoms with Crippen LogP contribution in [0.3, 0.4) is 0 Å². The summed E-state index contributed by atoms with van der Waals surface area (Å²) in [5.74, 6) is 1.17. The highest BCUT2D eigenvalue weighted by Gasteiger charge is 2.26. The Morgan fingerprint density at radius 3 is 2.85 bits per heavy atom. The van der Waals surface area contributed by atoms with Gasteiger partial charge in [-0.1, -0.05) is 12.1 Å². The molecule has 0 aliphatic carbocycles. The largest absolute Gasteiger partial charge is 0.508 e. The van der Waals surface area contributed by atoms with Gasteiger partial charge in [-0.15, -0.1) is 5.10 Å². The molecule has 0 radical (unpaired) electrons. The van der Waals surface area contributed by atoms with Gasteiger partial charge in [-0.25, -0.2) is 4.79 Å². The Balaban J connectivity index is 1.48. The maximum absolute atomic E-state index is 12.6. The SMILES string of the molecule is Nc1n[nH]c(CCNC(=O)N2CCCCC2CCc2ccc(O)cc2)n1. The first kappa shape index (κ1) is 18.0. The molecule has 26 heavy (non-hydrogen) atoms. The van der Waals surface area contributed by atoms with Gasteiger partial charge in [0, 0.05) is 25.6 Å². The van der Waals surface area contributed by atoms with Crippen LogP contribution >= 0.6 is 0 Å². The van der Waals surface area contributed by atoms with Crippen LogP contribution in [0.15, 0.2) is 24.3 Å². The van der Waals surface area contributed by atoms with Gasteiger partial charge in [-0.05, 0) is 49.8 Å². The first-order valence-corrected chi connectivity index (χ1v) is 9.11. The van der Waals surface area contributed by atoms with Crippen LogP contribution in [0, 0.1) is 0 Å². The van der Waals surface area contributed by atoms with E-state index in [1.54, 1.807) is 12.1 Å². The summed E-state index contributed by atoms with van der Waals surface area (Å²) >= 11 is 0. The number of piperidine rings is 1. The van der Waals surface area contributed by atoms with Crippen molar-refractivity contribution in [3.8, 4) is 5.75 Å². The zero-order chi connectivity index (χ0) is 18.4. The zero-order valence-electron chi connectivity index (χ0n) is 14.8. The quantitative estimate of drug-likeness (QED) is 0.628. The molecule has 1 aliphatic rings. The Morgan fingerprint density at radius 1 is 1.31 bits per heavy atom. The predicted octanol–water partition coefficient (Wildman–Crippen LogP) is 1.83. The van der Waals surface area contributed by atoms with Crippen LogP contribution < -0.4 is 11.1 Å². The third kappa shape index (κ3) is 4.87. The van der Waals surface area contributed by atoms with E-state index < -0.39 is 0 Å². The smallest absolute Gasteiger partial charge is 0.317 e. The molecule has 2 aromatic rings. The molecule has 8 heteroatoms. The number of nitrogens with one attached hydrogen (secondary N) is 2. The lowest BCUT2D eigenvalue weighted by molar-refractivity contribution is 0.146. The standard InChI is InChI=1S/C18H26N6O2/c19-17-21-16(22-23-17)10-11-20-18(26)24-12-2-1-3-14(24)7-4-13-5-8-15(25)9-6-13/h5-6,8-9,14,25H,1-4,7,10-12H2,(H,20,26)(H3,19,21,22,23). The predicted molar refractivity (Wildman–Crippen MR) is 98.7 cm³/mol. The minimum absolute atomic E-state index is 0.0205. The lowest BCUT2D eigenvalue weighted by Gasteiger charge is -2.36. The number of aromatic nitrogens is 3. The normalized spacial score (nSPS) is 17.2. The first-order valence-electron chi connectivity index (χ1n) is 9.11. The second-order valence-corrected chi connectivity index (χ2v) is 6.67. The first-order chi connectivity index (χ1) is 12.6. The second-order valence-electron chi connectivity index (χ2n) is 6.67. The molecule has 1 atom stereocenters. The second kappa shape index (κ2) is 8.55. The van der Waals surface area contributed by atoms with Crippen molar-refractivity contribution in [1.29, 1.82) is 0 Å². The molecule has 0 spiro atoms. The van der Waals surface area contributed by atoms with Gasteiger partial charge >= 0.3 is 6.03 Å². The van der Waals surface area contributed by atoms with Gasteiger partial charge in [0.15, 0.2) is 0 Å². The van der Waals surface area contributed by atoms with E-state index in [4.69, 9.17) is 5.73 Å². The molecule has 8 nitrogen and oxygen atoms in total. The van der Waals surface area contributed by atoms with Gasteiger partial charge in [-0.2, -0.15) is 4.98 Å². The average molecular weight is 358 g/mol. The van der Waals surface area contributed by atoms with Crippen LogP contribution in [0.25, 0.3) is 0 Å². The van der Waals surface area contributed by atoms with Crippen molar-refractivity contribution in [3.63, 3.8) is 0 Å². The number of rotatable bonds is 6. The lowest BCUT2D eigenvalue weighted by atomic mass is 9.96. The Morgan fingerprint density at radius 2 is 2.12 bits per heavy atom. The molecule has 0 bridgehead atoms. The Hall–Kier alpha value is -2.77. The molecular formula is C18H26N6O2. The summed E-state index contributed by atoms with van der Waals surface area (Å²) in [4.78, 5) is 18.6. The minimum Gasteiger partial charge on any atom is -0.508 e. The molecular weight excluding hydrogens is 332 g/mol. The molecule has 1 fully saturated rings. The Kier molecular flexibility index (Phi) is 5.93. The van der Waals surface area contributed by atoms with E-state index >= 15 is 0 Å². The van der Waals surface area contributed by atoms with E-state index in [0.717, 1.165) is 38.6 Å². The van der Waals surface area contributed by atoms with Gasteiger partial charge in [-0.3, -0.25) is 5.10 Å². The van der Waals surface area contributed by atoms with E-state index in [1.165, 1.54) is 5.56 Å². The Bertz CT molecular complexity index is 715. The molecule has 1 aromatic carbocycles. The molecule has 3 rings (SSSR count). The van der Waals surface area contributed by atoms with Crippen LogP contribution in [-0.4, -0.2) is 50.4 Å². The molecule has 1 aliphatic heterocycles. The van der Waals surface area contributed by atoms with Gasteiger partial charge in [0.2, 0.25) is 5.95 Å². The zero-order valence-corrected chi connectivity index (χ0v) is 14.8. The number of phenolic OH excluding ortho intramolecular Hbond substituents is 1. The summed E-state index contributed by atoms with van der Waals surface area (Å²) in [6, 6.07) is 7.51. The van der Waals surface area contributed by atoms with Crippen molar-refractivity contribution >= 4 is 12.0 Å². The number of carbonyl (C=O) groups excluding carboxylic acids is 1. The molecule has 0 saturated carbocycles. The molecule has 2 amide bonds. The lowest BCUT2D eigenvalue weighted by Crippen LogP contribution is -2.49. The van der Waals surface area contributed by atoms with Gasteiger partial charge in [0.05, 0.1) is 0 Å². The molecule has 1 saturated heterocycles. The number of nitrogens with two attached hydrogens (primary N) is 1. The van der Waals surface area contributed by atoms with Crippen LogP contribution in [-0.2, 0) is 12.8 Å². The number of nitrogen functional groups attached to an aromatic ring is 1. The monoisotopic (exact) mass is 358 g/mol. The van der Waals surface area contributed by atoms with Crippen molar-refractivity contribution in [2.45, 2.75) is 44.6 Å². The summed E-state index contributed by atoms with van der Waals surface area (Å²) in [7, 11) is 0. The number of hydrogen-bond donors (Lipinski definition) is 4. The van der Waals surface area contributed by atoms with E-state index in [2.05, 4.69) is 20.5 Å². The highest BCUT2D eigenvalue weighted by Crippen LogP contribution is 2.22. The van der Waals surface area contributed by atoms with E-state index in [0.29, 0.717) is 18.8 Å². The number of anilines is 1. The molecule has 1 aromatic heterocycles. The number of carbonyl (C=O) groups is 1. The van der Waals surface area contributed by atoms with Crippen molar-refractivity contribution in [2.24, 2.45) is 0 Å². The summed E-state index contributed by atoms with van der Waals surface area (Å²) in [5.41, 5.74) is 6.65. The highest BCUT2D eigenvalue weighted by molar-refractivity contribution is 5.74. The van der Waals surface area contributed by atoms with E-state index in [-0.39, 0.29) is 23.8 Å². The van der Waals surface area contributed by atoms with Crippen molar-refractivity contribution in [2.75, 3.05) is 18.8 Å². The van der Waals surface area contributed by atoms with Gasteiger partial charge < -0.3 is 21.1 Å². The van der Waals surface area contributed by atoms with Crippen molar-refractivity contribution in [1.82, 2.24) is 25.4 Å². The molecule has 2 heterocycles. The number of amides is 2. The summed E-state index contributed by atoms with van der Waals surface area (Å²) in [5, 5.41) is 18.9. The number of aromatic hydroxyl groups is 1. The number of likely N-dealkylation sites (tertiary alicyclic amines) is 1. The fourth-order valence-corrected chi connectivity index (χ4v) is 3.38. The number of H-pyrrole nitrogens is 1. The molecule has 5 N–H and O–H groups in total. The van der Waals surface area contributed by atoms with Gasteiger partial charge in [0.25, 0.3) is 0 Å². The third-order valence-corrected chi connectivity index (χ3v) is 4.78. The van der Waals surface area contributed by atoms with Crippen LogP contribution in [0.5, 0.6) is 5.75 Å². The molecule has 1 unspecified atom stereocenters. The third-order valence-electron chi connectivity index (χ3n) is 4.78. The van der Waals surface area contributed by atoms with E-state index in [9.17, 15) is 9.90 Å². The van der Waals surface area contributed by atoms with Crippen LogP contribution in [0.4, 0.5) is 10.7 Å². The fraction of sp³-hybridized carbons (Fsp3) is 0.500. The number of phenols is 1. The fourth-order valence-electron chi connectivity index (χ4n) is 3.38. The number of aromatic amines is 1. The Labute approximate surface area is 152 Å². The van der Waals surface area contributed by atoms with Crippen LogP contribution in [0.2, 0.25) is 0 Å². The number of urea groups is 1. The maximum Gasteiger partial charge on any atom is 0.317 e.